The Morgan fingerprint density at radius 1 is 0.923 bits per heavy atom. The molecule has 0 bridgehead atoms. The quantitative estimate of drug-likeness (QED) is 0.334. The van der Waals surface area contributed by atoms with E-state index in [0.717, 1.165) is 54.1 Å². The summed E-state index contributed by atoms with van der Waals surface area (Å²) in [5, 5.41) is 2.40. The van der Waals surface area contributed by atoms with Crippen LogP contribution >= 0.6 is 0 Å². The van der Waals surface area contributed by atoms with Crippen molar-refractivity contribution in [1.29, 1.82) is 0 Å². The molecule has 0 N–H and O–H groups in total. The molecule has 0 radical (unpaired) electrons. The Morgan fingerprint density at radius 2 is 1.69 bits per heavy atom. The van der Waals surface area contributed by atoms with Crippen molar-refractivity contribution in [3.05, 3.63) is 89.9 Å². The van der Waals surface area contributed by atoms with Crippen molar-refractivity contribution in [2.45, 2.75) is 32.7 Å². The van der Waals surface area contributed by atoms with Gasteiger partial charge in [-0.1, -0.05) is 54.6 Å². The van der Waals surface area contributed by atoms with Gasteiger partial charge >= 0.3 is 5.97 Å². The lowest BCUT2D eigenvalue weighted by molar-refractivity contribution is -0.148. The number of hydrogen-bond acceptors (Lipinski definition) is 6. The van der Waals surface area contributed by atoms with Crippen molar-refractivity contribution < 1.29 is 14.3 Å². The first-order chi connectivity index (χ1) is 19.1. The van der Waals surface area contributed by atoms with E-state index in [1.165, 1.54) is 10.8 Å². The van der Waals surface area contributed by atoms with Gasteiger partial charge in [-0.15, -0.1) is 0 Å². The van der Waals surface area contributed by atoms with Gasteiger partial charge in [0.1, 0.15) is 12.1 Å². The van der Waals surface area contributed by atoms with E-state index in [4.69, 9.17) is 4.74 Å². The zero-order valence-corrected chi connectivity index (χ0v) is 22.2. The Bertz CT molecular complexity index is 1500. The van der Waals surface area contributed by atoms with Crippen LogP contribution in [0.25, 0.3) is 21.9 Å². The summed E-state index contributed by atoms with van der Waals surface area (Å²) in [6.07, 6.45) is 3.80. The van der Waals surface area contributed by atoms with E-state index in [1.807, 2.05) is 42.2 Å². The summed E-state index contributed by atoms with van der Waals surface area (Å²) < 4.78 is 5.22. The van der Waals surface area contributed by atoms with Crippen molar-refractivity contribution in [3.8, 4) is 11.1 Å². The minimum absolute atomic E-state index is 0.0148. The number of nitrogens with zero attached hydrogens (tertiary/aromatic N) is 4. The Balaban J connectivity index is 1.18. The number of esters is 1. The summed E-state index contributed by atoms with van der Waals surface area (Å²) in [5.41, 5.74) is 4.94. The smallest absolute Gasteiger partial charge is 0.309 e. The van der Waals surface area contributed by atoms with E-state index in [2.05, 4.69) is 51.3 Å². The fraction of sp³-hybridized carbons (Fsp3) is 0.312. The Morgan fingerprint density at radius 3 is 2.49 bits per heavy atom. The number of benzene rings is 3. The van der Waals surface area contributed by atoms with Gasteiger partial charge in [0, 0.05) is 37.2 Å². The number of carbonyl (C=O) groups is 2. The van der Waals surface area contributed by atoms with Gasteiger partial charge in [-0.2, -0.15) is 0 Å². The molecule has 3 aromatic carbocycles. The Labute approximate surface area is 228 Å². The molecule has 0 saturated carbocycles. The molecule has 7 nitrogen and oxygen atoms in total. The molecule has 0 atom stereocenters. The molecule has 3 heterocycles. The first kappa shape index (κ1) is 25.0. The average Bonchev–Trinajstić information content (AvgIpc) is 3.00. The lowest BCUT2D eigenvalue weighted by Crippen LogP contribution is -2.41. The number of fused-ring (bicyclic) bond motifs is 2. The van der Waals surface area contributed by atoms with E-state index in [-0.39, 0.29) is 17.8 Å². The zero-order valence-electron chi connectivity index (χ0n) is 22.2. The maximum absolute atomic E-state index is 13.6. The SMILES string of the molecule is CCOC(=O)C1CCN(c2ncnc3c2CN(C(=O)c2ccc(-c4cccc5ccccc45)cc2)CC3)CC1. The number of piperidine rings is 1. The van der Waals surface area contributed by atoms with Crippen molar-refractivity contribution in [1.82, 2.24) is 14.9 Å². The number of aromatic nitrogens is 2. The maximum atomic E-state index is 13.6. The third-order valence-corrected chi connectivity index (χ3v) is 7.91. The summed E-state index contributed by atoms with van der Waals surface area (Å²) in [5.74, 6) is 0.728. The molecule has 6 rings (SSSR count). The predicted molar refractivity (Wildman–Crippen MR) is 151 cm³/mol. The molecule has 1 fully saturated rings. The molecular weight excluding hydrogens is 488 g/mol. The van der Waals surface area contributed by atoms with Crippen LogP contribution in [0, 0.1) is 5.92 Å². The number of rotatable bonds is 5. The highest BCUT2D eigenvalue weighted by Gasteiger charge is 2.31. The molecule has 4 aromatic rings. The van der Waals surface area contributed by atoms with E-state index >= 15 is 0 Å². The zero-order chi connectivity index (χ0) is 26.8. The van der Waals surface area contributed by atoms with Crippen LogP contribution in [0.4, 0.5) is 5.82 Å². The van der Waals surface area contributed by atoms with Gasteiger partial charge in [0.15, 0.2) is 0 Å². The first-order valence-electron chi connectivity index (χ1n) is 13.7. The van der Waals surface area contributed by atoms with Gasteiger partial charge in [0.05, 0.1) is 24.8 Å². The summed E-state index contributed by atoms with van der Waals surface area (Å²) in [6.45, 7) is 4.82. The molecular formula is C32H32N4O3. The molecule has 2 aliphatic rings. The van der Waals surface area contributed by atoms with E-state index in [0.29, 0.717) is 31.7 Å². The molecule has 0 aliphatic carbocycles. The van der Waals surface area contributed by atoms with Crippen LogP contribution in [0.5, 0.6) is 0 Å². The molecule has 1 saturated heterocycles. The third-order valence-electron chi connectivity index (χ3n) is 7.91. The highest BCUT2D eigenvalue weighted by molar-refractivity contribution is 5.98. The van der Waals surface area contributed by atoms with Crippen LogP contribution < -0.4 is 4.90 Å². The van der Waals surface area contributed by atoms with Crippen LogP contribution in [0.3, 0.4) is 0 Å². The van der Waals surface area contributed by atoms with Gasteiger partial charge in [0.2, 0.25) is 0 Å². The number of hydrogen-bond donors (Lipinski definition) is 0. The van der Waals surface area contributed by atoms with Crippen LogP contribution in [0.15, 0.2) is 73.1 Å². The molecule has 0 unspecified atom stereocenters. The molecule has 2 aliphatic heterocycles. The Kier molecular flexibility index (Phi) is 6.97. The topological polar surface area (TPSA) is 75.6 Å². The second-order valence-electron chi connectivity index (χ2n) is 10.2. The van der Waals surface area contributed by atoms with Crippen LogP contribution in [0.1, 0.15) is 41.4 Å². The normalized spacial score (nSPS) is 15.7. The molecule has 7 heteroatoms. The minimum atomic E-state index is -0.106. The Hall–Kier alpha value is -4.26. The lowest BCUT2D eigenvalue weighted by atomic mass is 9.96. The molecule has 1 amide bonds. The fourth-order valence-electron chi connectivity index (χ4n) is 5.81. The monoisotopic (exact) mass is 520 g/mol. The third kappa shape index (κ3) is 4.97. The number of anilines is 1. The summed E-state index contributed by atoms with van der Waals surface area (Å²) >= 11 is 0. The van der Waals surface area contributed by atoms with E-state index in [9.17, 15) is 9.59 Å². The van der Waals surface area contributed by atoms with E-state index < -0.39 is 0 Å². The van der Waals surface area contributed by atoms with E-state index in [1.54, 1.807) is 6.33 Å². The highest BCUT2D eigenvalue weighted by Crippen LogP contribution is 2.31. The molecule has 198 valence electrons. The summed E-state index contributed by atoms with van der Waals surface area (Å²) in [4.78, 5) is 39.0. The largest absolute Gasteiger partial charge is 0.466 e. The summed E-state index contributed by atoms with van der Waals surface area (Å²) in [7, 11) is 0. The van der Waals surface area contributed by atoms with Crippen molar-refractivity contribution in [2.24, 2.45) is 5.92 Å². The van der Waals surface area contributed by atoms with Crippen LogP contribution in [-0.2, 0) is 22.5 Å². The van der Waals surface area contributed by atoms with Crippen molar-refractivity contribution >= 4 is 28.5 Å². The number of carbonyl (C=O) groups excluding carboxylic acids is 2. The maximum Gasteiger partial charge on any atom is 0.309 e. The van der Waals surface area contributed by atoms with Gasteiger partial charge in [-0.05, 0) is 53.8 Å². The van der Waals surface area contributed by atoms with Crippen molar-refractivity contribution in [3.63, 3.8) is 0 Å². The summed E-state index contributed by atoms with van der Waals surface area (Å²) in [6, 6.07) is 22.6. The van der Waals surface area contributed by atoms with Gasteiger partial charge in [-0.25, -0.2) is 9.97 Å². The average molecular weight is 521 g/mol. The van der Waals surface area contributed by atoms with Gasteiger partial charge in [-0.3, -0.25) is 9.59 Å². The fourth-order valence-corrected chi connectivity index (χ4v) is 5.81. The second-order valence-corrected chi connectivity index (χ2v) is 10.2. The number of amides is 1. The van der Waals surface area contributed by atoms with Crippen LogP contribution in [0.2, 0.25) is 0 Å². The number of ether oxygens (including phenoxy) is 1. The van der Waals surface area contributed by atoms with Gasteiger partial charge in [0.25, 0.3) is 5.91 Å². The molecule has 39 heavy (non-hydrogen) atoms. The molecule has 1 aromatic heterocycles. The standard InChI is InChI=1S/C32H32N4O3/c1-2-39-32(38)25-14-17-35(18-15-25)30-28-20-36(19-16-29(28)33-21-34-30)31(37)24-12-10-23(11-13-24)27-9-5-7-22-6-3-4-8-26(22)27/h3-13,21,25H,2,14-20H2,1H3. The molecule has 0 spiro atoms. The van der Waals surface area contributed by atoms with Crippen molar-refractivity contribution in [2.75, 3.05) is 31.1 Å². The highest BCUT2D eigenvalue weighted by atomic mass is 16.5. The minimum Gasteiger partial charge on any atom is -0.466 e. The second kappa shape index (κ2) is 10.8. The van der Waals surface area contributed by atoms with Crippen LogP contribution in [-0.4, -0.2) is 53.0 Å². The van der Waals surface area contributed by atoms with Gasteiger partial charge < -0.3 is 14.5 Å². The first-order valence-corrected chi connectivity index (χ1v) is 13.7. The lowest BCUT2D eigenvalue weighted by Gasteiger charge is -2.35. The predicted octanol–water partition coefficient (Wildman–Crippen LogP) is 5.27.